The van der Waals surface area contributed by atoms with Crippen molar-refractivity contribution < 1.29 is 14.1 Å². The Balaban J connectivity index is 1.53. The Hall–Kier alpha value is -2.73. The van der Waals surface area contributed by atoms with E-state index in [9.17, 15) is 4.79 Å². The predicted octanol–water partition coefficient (Wildman–Crippen LogP) is 2.83. The van der Waals surface area contributed by atoms with E-state index in [1.807, 2.05) is 30.5 Å². The molecule has 6 nitrogen and oxygen atoms in total. The molecule has 2 aromatic heterocycles. The fourth-order valence-corrected chi connectivity index (χ4v) is 3.62. The second-order valence-electron chi connectivity index (χ2n) is 6.77. The maximum Gasteiger partial charge on any atom is 0.257 e. The van der Waals surface area contributed by atoms with Gasteiger partial charge in [-0.3, -0.25) is 9.78 Å². The molecule has 3 heterocycles. The number of para-hydroxylation sites is 1. The summed E-state index contributed by atoms with van der Waals surface area (Å²) in [4.78, 5) is 17.1. The standard InChI is InChI=1S/C20H21N3O3/c1-12-19(13(2)26-23-12)20(24)22-18-11-25-10-15(18)9-14-7-8-21-17-6-4-3-5-16(14)17/h3-8,15,18H,9-11H2,1-2H3,(H,22,24)/t15-,18-/m1/s1. The van der Waals surface area contributed by atoms with Crippen LogP contribution in [-0.4, -0.2) is 35.3 Å². The number of pyridine rings is 1. The summed E-state index contributed by atoms with van der Waals surface area (Å²) in [5, 5.41) is 8.11. The first kappa shape index (κ1) is 16.7. The molecular formula is C20H21N3O3. The third-order valence-electron chi connectivity index (χ3n) is 5.00. The summed E-state index contributed by atoms with van der Waals surface area (Å²) in [6.07, 6.45) is 2.67. The topological polar surface area (TPSA) is 77.2 Å². The van der Waals surface area contributed by atoms with Crippen LogP contribution in [0.25, 0.3) is 10.9 Å². The number of carbonyl (C=O) groups excluding carboxylic acids is 1. The zero-order valence-electron chi connectivity index (χ0n) is 14.9. The normalized spacial score (nSPS) is 19.8. The first-order valence-corrected chi connectivity index (χ1v) is 8.77. The number of rotatable bonds is 4. The van der Waals surface area contributed by atoms with E-state index in [4.69, 9.17) is 9.26 Å². The largest absolute Gasteiger partial charge is 0.379 e. The molecule has 0 aliphatic carbocycles. The van der Waals surface area contributed by atoms with Crippen molar-refractivity contribution >= 4 is 16.8 Å². The molecule has 1 aliphatic heterocycles. The minimum absolute atomic E-state index is 0.0388. The maximum absolute atomic E-state index is 12.6. The van der Waals surface area contributed by atoms with Crippen molar-refractivity contribution in [2.45, 2.75) is 26.3 Å². The van der Waals surface area contributed by atoms with Gasteiger partial charge in [-0.15, -0.1) is 0 Å². The fourth-order valence-electron chi connectivity index (χ4n) is 3.62. The third kappa shape index (κ3) is 3.08. The van der Waals surface area contributed by atoms with E-state index in [1.54, 1.807) is 13.8 Å². The molecule has 0 unspecified atom stereocenters. The predicted molar refractivity (Wildman–Crippen MR) is 97.0 cm³/mol. The molecule has 1 amide bonds. The molecule has 1 fully saturated rings. The number of carbonyl (C=O) groups is 1. The minimum atomic E-state index is -0.152. The lowest BCUT2D eigenvalue weighted by atomic mass is 9.93. The van der Waals surface area contributed by atoms with E-state index >= 15 is 0 Å². The van der Waals surface area contributed by atoms with E-state index < -0.39 is 0 Å². The van der Waals surface area contributed by atoms with Gasteiger partial charge in [0, 0.05) is 17.5 Å². The minimum Gasteiger partial charge on any atom is -0.379 e. The Labute approximate surface area is 151 Å². The molecule has 0 saturated carbocycles. The zero-order valence-corrected chi connectivity index (χ0v) is 14.9. The third-order valence-corrected chi connectivity index (χ3v) is 5.00. The molecular weight excluding hydrogens is 330 g/mol. The number of amides is 1. The first-order chi connectivity index (χ1) is 12.6. The van der Waals surface area contributed by atoms with Gasteiger partial charge in [-0.1, -0.05) is 23.4 Å². The molecule has 1 aliphatic rings. The number of nitrogens with zero attached hydrogens (tertiary/aromatic N) is 2. The van der Waals surface area contributed by atoms with Crippen LogP contribution in [0.15, 0.2) is 41.1 Å². The molecule has 1 saturated heterocycles. The number of ether oxygens (including phenoxy) is 1. The van der Waals surface area contributed by atoms with Crippen LogP contribution in [0, 0.1) is 19.8 Å². The lowest BCUT2D eigenvalue weighted by molar-refractivity contribution is 0.0923. The van der Waals surface area contributed by atoms with Gasteiger partial charge < -0.3 is 14.6 Å². The van der Waals surface area contributed by atoms with Gasteiger partial charge in [-0.05, 0) is 38.0 Å². The van der Waals surface area contributed by atoms with Crippen LogP contribution in [0.1, 0.15) is 27.4 Å². The van der Waals surface area contributed by atoms with Crippen molar-refractivity contribution in [3.05, 3.63) is 59.1 Å². The highest BCUT2D eigenvalue weighted by Gasteiger charge is 2.31. The number of aryl methyl sites for hydroxylation is 2. The van der Waals surface area contributed by atoms with Gasteiger partial charge in [0.05, 0.1) is 30.5 Å². The van der Waals surface area contributed by atoms with Crippen LogP contribution in [0.5, 0.6) is 0 Å². The van der Waals surface area contributed by atoms with Gasteiger partial charge in [0.25, 0.3) is 5.91 Å². The van der Waals surface area contributed by atoms with E-state index in [2.05, 4.69) is 21.5 Å². The fraction of sp³-hybridized carbons (Fsp3) is 0.350. The van der Waals surface area contributed by atoms with Crippen molar-refractivity contribution in [3.63, 3.8) is 0 Å². The van der Waals surface area contributed by atoms with Crippen molar-refractivity contribution in [3.8, 4) is 0 Å². The Morgan fingerprint density at radius 3 is 2.88 bits per heavy atom. The van der Waals surface area contributed by atoms with E-state index in [0.717, 1.165) is 17.3 Å². The second kappa shape index (κ2) is 6.88. The van der Waals surface area contributed by atoms with Crippen LogP contribution in [0.4, 0.5) is 0 Å². The molecule has 134 valence electrons. The summed E-state index contributed by atoms with van der Waals surface area (Å²) in [5.74, 6) is 0.599. The quantitative estimate of drug-likeness (QED) is 0.782. The monoisotopic (exact) mass is 351 g/mol. The highest BCUT2D eigenvalue weighted by Crippen LogP contribution is 2.24. The van der Waals surface area contributed by atoms with Crippen LogP contribution in [0.3, 0.4) is 0 Å². The molecule has 0 bridgehead atoms. The molecule has 0 radical (unpaired) electrons. The molecule has 3 aromatic rings. The van der Waals surface area contributed by atoms with Gasteiger partial charge >= 0.3 is 0 Å². The highest BCUT2D eigenvalue weighted by molar-refractivity contribution is 5.96. The Morgan fingerprint density at radius 1 is 1.23 bits per heavy atom. The average Bonchev–Trinajstić information content (AvgIpc) is 3.21. The van der Waals surface area contributed by atoms with E-state index in [1.165, 1.54) is 5.56 Å². The SMILES string of the molecule is Cc1noc(C)c1C(=O)N[C@@H]1COC[C@H]1Cc1ccnc2ccccc12. The highest BCUT2D eigenvalue weighted by atomic mass is 16.5. The number of aromatic nitrogens is 2. The van der Waals surface area contributed by atoms with Crippen molar-refractivity contribution in [2.24, 2.45) is 5.92 Å². The van der Waals surface area contributed by atoms with Gasteiger partial charge in [0.1, 0.15) is 11.3 Å². The molecule has 2 atom stereocenters. The van der Waals surface area contributed by atoms with Crippen molar-refractivity contribution in [2.75, 3.05) is 13.2 Å². The van der Waals surface area contributed by atoms with E-state index in [-0.39, 0.29) is 17.9 Å². The van der Waals surface area contributed by atoms with Crippen LogP contribution < -0.4 is 5.32 Å². The Morgan fingerprint density at radius 2 is 2.08 bits per heavy atom. The lowest BCUT2D eigenvalue weighted by Crippen LogP contribution is -2.41. The maximum atomic E-state index is 12.6. The van der Waals surface area contributed by atoms with Gasteiger partial charge in [0.15, 0.2) is 0 Å². The summed E-state index contributed by atoms with van der Waals surface area (Å²) >= 11 is 0. The summed E-state index contributed by atoms with van der Waals surface area (Å²) < 4.78 is 10.8. The van der Waals surface area contributed by atoms with Crippen LogP contribution in [-0.2, 0) is 11.2 Å². The molecule has 0 spiro atoms. The van der Waals surface area contributed by atoms with Crippen LogP contribution in [0.2, 0.25) is 0 Å². The second-order valence-corrected chi connectivity index (χ2v) is 6.77. The number of hydrogen-bond donors (Lipinski definition) is 1. The zero-order chi connectivity index (χ0) is 18.1. The Bertz CT molecular complexity index is 926. The molecule has 6 heteroatoms. The molecule has 1 aromatic carbocycles. The van der Waals surface area contributed by atoms with Gasteiger partial charge in [-0.2, -0.15) is 0 Å². The summed E-state index contributed by atoms with van der Waals surface area (Å²) in [6, 6.07) is 10.1. The summed E-state index contributed by atoms with van der Waals surface area (Å²) in [5.41, 5.74) is 3.34. The molecule has 4 rings (SSSR count). The average molecular weight is 351 g/mol. The van der Waals surface area contributed by atoms with Crippen molar-refractivity contribution in [1.29, 1.82) is 0 Å². The summed E-state index contributed by atoms with van der Waals surface area (Å²) in [6.45, 7) is 4.67. The smallest absolute Gasteiger partial charge is 0.257 e. The van der Waals surface area contributed by atoms with E-state index in [0.29, 0.717) is 30.2 Å². The van der Waals surface area contributed by atoms with Crippen LogP contribution >= 0.6 is 0 Å². The lowest BCUT2D eigenvalue weighted by Gasteiger charge is -2.19. The van der Waals surface area contributed by atoms with Gasteiger partial charge in [-0.25, -0.2) is 0 Å². The molecule has 26 heavy (non-hydrogen) atoms. The Kier molecular flexibility index (Phi) is 4.42. The number of hydrogen-bond acceptors (Lipinski definition) is 5. The van der Waals surface area contributed by atoms with Crippen molar-refractivity contribution in [1.82, 2.24) is 15.5 Å². The molecule has 1 N–H and O–H groups in total. The number of nitrogens with one attached hydrogen (secondary N) is 1. The first-order valence-electron chi connectivity index (χ1n) is 8.77. The summed E-state index contributed by atoms with van der Waals surface area (Å²) in [7, 11) is 0. The number of fused-ring (bicyclic) bond motifs is 1. The number of benzene rings is 1. The van der Waals surface area contributed by atoms with Gasteiger partial charge in [0.2, 0.25) is 0 Å².